The summed E-state index contributed by atoms with van der Waals surface area (Å²) in [7, 11) is -3.58. The molecule has 2 N–H and O–H groups in total. The Labute approximate surface area is 217 Å². The van der Waals surface area contributed by atoms with E-state index in [1.54, 1.807) is 6.92 Å². The molecule has 3 heterocycles. The number of carbonyl (C=O) groups excluding carboxylic acids is 2. The van der Waals surface area contributed by atoms with Gasteiger partial charge in [-0.15, -0.1) is 11.3 Å². The summed E-state index contributed by atoms with van der Waals surface area (Å²) < 4.78 is 32.7. The van der Waals surface area contributed by atoms with Crippen molar-refractivity contribution in [3.05, 3.63) is 45.8 Å². The normalized spacial score (nSPS) is 19.4. The maximum Gasteiger partial charge on any atom is 0.341 e. The van der Waals surface area contributed by atoms with Crippen LogP contribution in [0.15, 0.2) is 29.2 Å². The molecule has 4 rings (SSSR count). The Kier molecular flexibility index (Phi) is 7.36. The number of esters is 1. The van der Waals surface area contributed by atoms with Crippen LogP contribution in [0.2, 0.25) is 0 Å². The molecule has 1 fully saturated rings. The van der Waals surface area contributed by atoms with Crippen LogP contribution in [0.1, 0.15) is 85.0 Å². The Morgan fingerprint density at radius 2 is 1.72 bits per heavy atom. The summed E-state index contributed by atoms with van der Waals surface area (Å²) in [5.41, 5.74) is 0.973. The molecular formula is C26H35N3O5S2. The molecule has 1 aromatic carbocycles. The van der Waals surface area contributed by atoms with Crippen LogP contribution in [0.3, 0.4) is 0 Å². The third-order valence-electron chi connectivity index (χ3n) is 6.62. The van der Waals surface area contributed by atoms with Crippen molar-refractivity contribution in [3.8, 4) is 0 Å². The minimum absolute atomic E-state index is 0.176. The zero-order chi connectivity index (χ0) is 26.3. The quantitative estimate of drug-likeness (QED) is 0.530. The van der Waals surface area contributed by atoms with E-state index in [-0.39, 0.29) is 17.0 Å². The monoisotopic (exact) mass is 533 g/mol. The molecule has 8 nitrogen and oxygen atoms in total. The highest BCUT2D eigenvalue weighted by molar-refractivity contribution is 7.89. The number of benzene rings is 1. The van der Waals surface area contributed by atoms with Crippen molar-refractivity contribution in [2.24, 2.45) is 0 Å². The Hall–Kier alpha value is -2.27. The summed E-state index contributed by atoms with van der Waals surface area (Å²) in [6.07, 6.45) is 3.37. The van der Waals surface area contributed by atoms with Gasteiger partial charge in [0.25, 0.3) is 5.91 Å². The molecule has 1 amide bonds. The predicted molar refractivity (Wildman–Crippen MR) is 141 cm³/mol. The molecule has 1 aromatic heterocycles. The second-order valence-electron chi connectivity index (χ2n) is 10.6. The van der Waals surface area contributed by atoms with E-state index in [9.17, 15) is 18.0 Å². The molecule has 0 spiro atoms. The molecule has 0 bridgehead atoms. The largest absolute Gasteiger partial charge is 0.462 e. The number of ether oxygens (including phenoxy) is 1. The standard InChI is InChI=1S/C26H35N3O5S2/c1-6-34-24(31)20-19-16-25(2,3)28-26(4,5)21(19)35-23(20)27-22(30)17-10-12-18(13-11-17)36(32,33)29-14-8-7-9-15-29/h10-13,28H,6-9,14-16H2,1-5H3,(H,27,30). The molecule has 196 valence electrons. The van der Waals surface area contributed by atoms with E-state index in [1.165, 1.54) is 39.9 Å². The summed E-state index contributed by atoms with van der Waals surface area (Å²) in [6.45, 7) is 11.3. The minimum atomic E-state index is -3.58. The maximum atomic E-state index is 13.2. The lowest BCUT2D eigenvalue weighted by Crippen LogP contribution is -2.55. The van der Waals surface area contributed by atoms with Crippen LogP contribution < -0.4 is 10.6 Å². The molecule has 10 heteroatoms. The first-order valence-electron chi connectivity index (χ1n) is 12.4. The van der Waals surface area contributed by atoms with Crippen molar-refractivity contribution in [3.63, 3.8) is 0 Å². The lowest BCUT2D eigenvalue weighted by Gasteiger charge is -2.42. The van der Waals surface area contributed by atoms with Gasteiger partial charge in [-0.3, -0.25) is 4.79 Å². The van der Waals surface area contributed by atoms with E-state index in [1.807, 2.05) is 0 Å². The number of piperidine rings is 1. The zero-order valence-corrected chi connectivity index (χ0v) is 23.2. The minimum Gasteiger partial charge on any atom is -0.462 e. The molecule has 0 unspecified atom stereocenters. The molecule has 0 atom stereocenters. The zero-order valence-electron chi connectivity index (χ0n) is 21.6. The van der Waals surface area contributed by atoms with Crippen LogP contribution >= 0.6 is 11.3 Å². The second-order valence-corrected chi connectivity index (χ2v) is 13.5. The Balaban J connectivity index is 1.63. The van der Waals surface area contributed by atoms with E-state index in [0.29, 0.717) is 35.6 Å². The smallest absolute Gasteiger partial charge is 0.341 e. The Morgan fingerprint density at radius 1 is 1.08 bits per heavy atom. The summed E-state index contributed by atoms with van der Waals surface area (Å²) in [5, 5.41) is 6.96. The SMILES string of the molecule is CCOC(=O)c1c(NC(=O)c2ccc(S(=O)(=O)N3CCCCC3)cc2)sc2c1CC(C)(C)NC2(C)C. The average molecular weight is 534 g/mol. The summed E-state index contributed by atoms with van der Waals surface area (Å²) in [5.74, 6) is -0.868. The van der Waals surface area contributed by atoms with E-state index in [2.05, 4.69) is 38.3 Å². The number of nitrogens with zero attached hydrogens (tertiary/aromatic N) is 1. The van der Waals surface area contributed by atoms with Crippen LogP contribution in [-0.4, -0.2) is 49.8 Å². The number of thiophene rings is 1. The Morgan fingerprint density at radius 3 is 2.33 bits per heavy atom. The highest BCUT2D eigenvalue weighted by atomic mass is 32.2. The number of anilines is 1. The van der Waals surface area contributed by atoms with Gasteiger partial charge in [-0.25, -0.2) is 13.2 Å². The van der Waals surface area contributed by atoms with Gasteiger partial charge in [-0.2, -0.15) is 4.31 Å². The van der Waals surface area contributed by atoms with Gasteiger partial charge in [0.2, 0.25) is 10.0 Å². The van der Waals surface area contributed by atoms with Crippen LogP contribution in [0.5, 0.6) is 0 Å². The first-order chi connectivity index (χ1) is 16.9. The number of rotatable bonds is 6. The first kappa shape index (κ1) is 26.8. The van der Waals surface area contributed by atoms with Gasteiger partial charge in [-0.05, 0) is 83.7 Å². The fraction of sp³-hybridized carbons (Fsp3) is 0.538. The first-order valence-corrected chi connectivity index (χ1v) is 14.7. The number of sulfonamides is 1. The van der Waals surface area contributed by atoms with Gasteiger partial charge in [0, 0.05) is 34.6 Å². The van der Waals surface area contributed by atoms with Crippen molar-refractivity contribution in [2.75, 3.05) is 25.0 Å². The van der Waals surface area contributed by atoms with Gasteiger partial charge < -0.3 is 15.4 Å². The van der Waals surface area contributed by atoms with Crippen molar-refractivity contribution in [1.82, 2.24) is 9.62 Å². The highest BCUT2D eigenvalue weighted by Crippen LogP contribution is 2.45. The molecule has 2 aromatic rings. The average Bonchev–Trinajstić information content (AvgIpc) is 3.17. The number of amides is 1. The van der Waals surface area contributed by atoms with Gasteiger partial charge in [0.15, 0.2) is 0 Å². The van der Waals surface area contributed by atoms with E-state index < -0.39 is 27.4 Å². The van der Waals surface area contributed by atoms with Crippen molar-refractivity contribution in [2.45, 2.75) is 76.3 Å². The molecule has 2 aliphatic rings. The van der Waals surface area contributed by atoms with Crippen molar-refractivity contribution < 1.29 is 22.7 Å². The molecule has 0 aliphatic carbocycles. The summed E-state index contributed by atoms with van der Waals surface area (Å²) >= 11 is 1.38. The summed E-state index contributed by atoms with van der Waals surface area (Å²) in [6, 6.07) is 5.97. The van der Waals surface area contributed by atoms with Crippen LogP contribution in [-0.2, 0) is 26.7 Å². The Bertz CT molecular complexity index is 1260. The van der Waals surface area contributed by atoms with E-state index in [0.717, 1.165) is 29.7 Å². The number of carbonyl (C=O) groups is 2. The number of nitrogens with one attached hydrogen (secondary N) is 2. The fourth-order valence-electron chi connectivity index (χ4n) is 5.24. The third-order valence-corrected chi connectivity index (χ3v) is 10.0. The number of fused-ring (bicyclic) bond motifs is 1. The fourth-order valence-corrected chi connectivity index (χ4v) is 8.02. The lowest BCUT2D eigenvalue weighted by atomic mass is 9.81. The topological polar surface area (TPSA) is 105 Å². The van der Waals surface area contributed by atoms with E-state index in [4.69, 9.17) is 4.74 Å². The maximum absolute atomic E-state index is 13.2. The molecule has 2 aliphatic heterocycles. The number of hydrogen-bond acceptors (Lipinski definition) is 7. The third kappa shape index (κ3) is 5.22. The highest BCUT2D eigenvalue weighted by Gasteiger charge is 2.42. The van der Waals surface area contributed by atoms with Gasteiger partial charge >= 0.3 is 5.97 Å². The molecular weight excluding hydrogens is 498 g/mol. The second kappa shape index (κ2) is 9.89. The molecule has 1 saturated heterocycles. The van der Waals surface area contributed by atoms with Crippen LogP contribution in [0, 0.1) is 0 Å². The molecule has 0 saturated carbocycles. The molecule has 36 heavy (non-hydrogen) atoms. The molecule has 0 radical (unpaired) electrons. The summed E-state index contributed by atoms with van der Waals surface area (Å²) in [4.78, 5) is 27.3. The van der Waals surface area contributed by atoms with E-state index >= 15 is 0 Å². The van der Waals surface area contributed by atoms with Gasteiger partial charge in [0.1, 0.15) is 5.00 Å². The van der Waals surface area contributed by atoms with Crippen molar-refractivity contribution >= 4 is 38.2 Å². The lowest BCUT2D eigenvalue weighted by molar-refractivity contribution is 0.0525. The van der Waals surface area contributed by atoms with Crippen molar-refractivity contribution in [1.29, 1.82) is 0 Å². The van der Waals surface area contributed by atoms with Gasteiger partial charge in [-0.1, -0.05) is 6.42 Å². The predicted octanol–water partition coefficient (Wildman–Crippen LogP) is 4.51. The van der Waals surface area contributed by atoms with Crippen LogP contribution in [0.4, 0.5) is 5.00 Å². The van der Waals surface area contributed by atoms with Crippen LogP contribution in [0.25, 0.3) is 0 Å². The number of hydrogen-bond donors (Lipinski definition) is 2. The van der Waals surface area contributed by atoms with Gasteiger partial charge in [0.05, 0.1) is 17.1 Å².